The van der Waals surface area contributed by atoms with Crippen molar-refractivity contribution in [3.8, 4) is 11.1 Å². The van der Waals surface area contributed by atoms with Crippen LogP contribution in [0.4, 0.5) is 0 Å². The fourth-order valence-corrected chi connectivity index (χ4v) is 2.42. The first-order valence-corrected chi connectivity index (χ1v) is 6.17. The predicted octanol–water partition coefficient (Wildman–Crippen LogP) is 5.07. The third-order valence-electron chi connectivity index (χ3n) is 3.41. The van der Waals surface area contributed by atoms with Crippen molar-refractivity contribution in [2.24, 2.45) is 0 Å². The van der Waals surface area contributed by atoms with Crippen molar-refractivity contribution in [1.82, 2.24) is 0 Å². The molecular formula is C17H16. The van der Waals surface area contributed by atoms with Gasteiger partial charge in [0.25, 0.3) is 0 Å². The molecule has 2 aliphatic rings. The summed E-state index contributed by atoms with van der Waals surface area (Å²) < 4.78 is 0. The van der Waals surface area contributed by atoms with Crippen LogP contribution in [0.5, 0.6) is 0 Å². The van der Waals surface area contributed by atoms with E-state index in [1.54, 1.807) is 0 Å². The average molecular weight is 220 g/mol. The van der Waals surface area contributed by atoms with Crippen LogP contribution < -0.4 is 0 Å². The third kappa shape index (κ3) is 1.70. The summed E-state index contributed by atoms with van der Waals surface area (Å²) >= 11 is 0. The van der Waals surface area contributed by atoms with E-state index >= 15 is 0 Å². The van der Waals surface area contributed by atoms with E-state index in [1.165, 1.54) is 27.5 Å². The van der Waals surface area contributed by atoms with Crippen molar-refractivity contribution in [2.45, 2.75) is 19.8 Å². The quantitative estimate of drug-likeness (QED) is 0.537. The number of rotatable bonds is 1. The van der Waals surface area contributed by atoms with Crippen molar-refractivity contribution in [1.29, 1.82) is 0 Å². The van der Waals surface area contributed by atoms with Gasteiger partial charge in [-0.15, -0.1) is 0 Å². The lowest BCUT2D eigenvalue weighted by atomic mass is 10.0. The second-order valence-electron chi connectivity index (χ2n) is 4.93. The van der Waals surface area contributed by atoms with E-state index in [2.05, 4.69) is 68.4 Å². The Labute approximate surface area is 102 Å². The minimum atomic E-state index is 0.573. The van der Waals surface area contributed by atoms with Gasteiger partial charge < -0.3 is 0 Å². The zero-order chi connectivity index (χ0) is 11.8. The Morgan fingerprint density at radius 1 is 0.824 bits per heavy atom. The zero-order valence-corrected chi connectivity index (χ0v) is 10.3. The van der Waals surface area contributed by atoms with E-state index in [-0.39, 0.29) is 0 Å². The van der Waals surface area contributed by atoms with E-state index in [1.807, 2.05) is 0 Å². The highest BCUT2D eigenvalue weighted by Gasteiger charge is 2.09. The summed E-state index contributed by atoms with van der Waals surface area (Å²) in [5, 5.41) is 2.69. The third-order valence-corrected chi connectivity index (χ3v) is 3.41. The van der Waals surface area contributed by atoms with Crippen LogP contribution in [0.3, 0.4) is 0 Å². The molecule has 0 atom stereocenters. The first-order valence-electron chi connectivity index (χ1n) is 6.17. The number of benzene rings is 1. The van der Waals surface area contributed by atoms with Gasteiger partial charge in [0.1, 0.15) is 0 Å². The Morgan fingerprint density at radius 2 is 1.65 bits per heavy atom. The molecule has 2 aliphatic carbocycles. The van der Waals surface area contributed by atoms with Gasteiger partial charge >= 0.3 is 0 Å². The molecule has 0 saturated heterocycles. The average Bonchev–Trinajstić information content (AvgIpc) is 2.53. The van der Waals surface area contributed by atoms with Crippen molar-refractivity contribution in [2.75, 3.05) is 0 Å². The summed E-state index contributed by atoms with van der Waals surface area (Å²) in [4.78, 5) is 0. The van der Waals surface area contributed by atoms with E-state index in [0.717, 1.165) is 0 Å². The topological polar surface area (TPSA) is 0 Å². The van der Waals surface area contributed by atoms with Crippen LogP contribution in [0.15, 0.2) is 54.6 Å². The van der Waals surface area contributed by atoms with Crippen LogP contribution in [-0.2, 0) is 0 Å². The van der Waals surface area contributed by atoms with Crippen molar-refractivity contribution in [3.63, 3.8) is 0 Å². The monoisotopic (exact) mass is 220 g/mol. The summed E-state index contributed by atoms with van der Waals surface area (Å²) in [6.07, 6.45) is 0. The number of hydrogen-bond donors (Lipinski definition) is 0. The molecule has 84 valence electrons. The molecule has 17 heavy (non-hydrogen) atoms. The van der Waals surface area contributed by atoms with E-state index in [4.69, 9.17) is 0 Å². The van der Waals surface area contributed by atoms with Crippen LogP contribution in [0.25, 0.3) is 21.9 Å². The smallest absolute Gasteiger partial charge is 0.0105 e. The Hall–Kier alpha value is -1.82. The zero-order valence-electron chi connectivity index (χ0n) is 10.3. The highest BCUT2D eigenvalue weighted by atomic mass is 14.1. The van der Waals surface area contributed by atoms with Crippen LogP contribution in [0.2, 0.25) is 0 Å². The van der Waals surface area contributed by atoms with Gasteiger partial charge in [0.05, 0.1) is 0 Å². The standard InChI is InChI=1S/C17H16/c1-12(2)13-7-5-9-17-15(10-13)11-14-6-3-4-8-16(14)17/h3-12H,1-2H3. The molecule has 0 heterocycles. The molecule has 0 bridgehead atoms. The molecule has 0 N–H and O–H groups in total. The van der Waals surface area contributed by atoms with Crippen LogP contribution in [0.1, 0.15) is 25.3 Å². The lowest BCUT2D eigenvalue weighted by Gasteiger charge is -2.01. The molecular weight excluding hydrogens is 204 g/mol. The van der Waals surface area contributed by atoms with Gasteiger partial charge in [0.2, 0.25) is 0 Å². The Balaban J connectivity index is 2.34. The highest BCUT2D eigenvalue weighted by Crippen LogP contribution is 2.34. The minimum absolute atomic E-state index is 0.573. The Morgan fingerprint density at radius 3 is 2.47 bits per heavy atom. The molecule has 0 spiro atoms. The van der Waals surface area contributed by atoms with E-state index in [0.29, 0.717) is 5.92 Å². The summed E-state index contributed by atoms with van der Waals surface area (Å²) in [7, 11) is 0. The van der Waals surface area contributed by atoms with Gasteiger partial charge in [-0.3, -0.25) is 0 Å². The molecule has 0 aromatic heterocycles. The molecule has 0 radical (unpaired) electrons. The Bertz CT molecular complexity index is 635. The fourth-order valence-electron chi connectivity index (χ4n) is 2.42. The second kappa shape index (κ2) is 3.89. The molecule has 0 heteroatoms. The molecule has 0 unspecified atom stereocenters. The molecule has 0 saturated carbocycles. The lowest BCUT2D eigenvalue weighted by molar-refractivity contribution is 0.869. The SMILES string of the molecule is CC(C)c1cccc2c3ccccc3cc-2c1. The van der Waals surface area contributed by atoms with Crippen LogP contribution >= 0.6 is 0 Å². The minimum Gasteiger partial charge on any atom is -0.0616 e. The molecule has 0 aliphatic heterocycles. The lowest BCUT2D eigenvalue weighted by Crippen LogP contribution is -1.82. The maximum absolute atomic E-state index is 2.32. The summed E-state index contributed by atoms with van der Waals surface area (Å²) in [5.41, 5.74) is 4.10. The van der Waals surface area contributed by atoms with Gasteiger partial charge in [0.15, 0.2) is 0 Å². The van der Waals surface area contributed by atoms with E-state index < -0.39 is 0 Å². The summed E-state index contributed by atoms with van der Waals surface area (Å²) in [6.45, 7) is 4.48. The molecule has 0 amide bonds. The molecule has 1 aromatic carbocycles. The fraction of sp³-hybridized carbons (Fsp3) is 0.176. The van der Waals surface area contributed by atoms with Gasteiger partial charge in [0, 0.05) is 0 Å². The summed E-state index contributed by atoms with van der Waals surface area (Å²) in [6, 6.07) is 19.8. The summed E-state index contributed by atoms with van der Waals surface area (Å²) in [5.74, 6) is 0.573. The predicted molar refractivity (Wildman–Crippen MR) is 74.7 cm³/mol. The molecule has 3 rings (SSSR count). The first kappa shape index (κ1) is 10.3. The maximum atomic E-state index is 2.32. The van der Waals surface area contributed by atoms with Crippen molar-refractivity contribution < 1.29 is 0 Å². The van der Waals surface area contributed by atoms with Crippen LogP contribution in [-0.4, -0.2) is 0 Å². The van der Waals surface area contributed by atoms with Crippen molar-refractivity contribution >= 4 is 10.8 Å². The van der Waals surface area contributed by atoms with Crippen molar-refractivity contribution in [3.05, 3.63) is 60.2 Å². The van der Waals surface area contributed by atoms with Crippen LogP contribution in [0, 0.1) is 0 Å². The number of hydrogen-bond acceptors (Lipinski definition) is 0. The van der Waals surface area contributed by atoms with Gasteiger partial charge in [-0.25, -0.2) is 0 Å². The number of fused-ring (bicyclic) bond motifs is 3. The first-order chi connectivity index (χ1) is 8.25. The largest absolute Gasteiger partial charge is 0.0616 e. The normalized spacial score (nSPS) is 11.5. The molecule has 0 nitrogen and oxygen atoms in total. The molecule has 1 aromatic rings. The van der Waals surface area contributed by atoms with Gasteiger partial charge in [-0.1, -0.05) is 62.4 Å². The van der Waals surface area contributed by atoms with Gasteiger partial charge in [-0.05, 0) is 39.4 Å². The van der Waals surface area contributed by atoms with Gasteiger partial charge in [-0.2, -0.15) is 0 Å². The Kier molecular flexibility index (Phi) is 2.36. The maximum Gasteiger partial charge on any atom is -0.0105 e. The second-order valence-corrected chi connectivity index (χ2v) is 4.93. The highest BCUT2D eigenvalue weighted by molar-refractivity contribution is 6.02. The molecule has 0 fully saturated rings. The van der Waals surface area contributed by atoms with E-state index in [9.17, 15) is 0 Å².